The SMILES string of the molecule is COc1c(CC(N)C(=O)O)ccc(SC)c1OC. The summed E-state index contributed by atoms with van der Waals surface area (Å²) in [7, 11) is 3.08. The maximum atomic E-state index is 10.8. The normalized spacial score (nSPS) is 12.0. The summed E-state index contributed by atoms with van der Waals surface area (Å²) in [5, 5.41) is 8.83. The van der Waals surface area contributed by atoms with Crippen LogP contribution < -0.4 is 15.2 Å². The zero-order valence-corrected chi connectivity index (χ0v) is 11.4. The van der Waals surface area contributed by atoms with Crippen LogP contribution in [0, 0.1) is 0 Å². The molecule has 3 N–H and O–H groups in total. The van der Waals surface area contributed by atoms with Crippen LogP contribution in [0.5, 0.6) is 11.5 Å². The van der Waals surface area contributed by atoms with Crippen molar-refractivity contribution in [3.63, 3.8) is 0 Å². The molecular formula is C12H17NO4S. The molecule has 18 heavy (non-hydrogen) atoms. The molecular weight excluding hydrogens is 254 g/mol. The van der Waals surface area contributed by atoms with Gasteiger partial charge in [0.1, 0.15) is 6.04 Å². The summed E-state index contributed by atoms with van der Waals surface area (Å²) in [4.78, 5) is 11.7. The van der Waals surface area contributed by atoms with Crippen LogP contribution in [0.4, 0.5) is 0 Å². The van der Waals surface area contributed by atoms with Crippen molar-refractivity contribution in [3.8, 4) is 11.5 Å². The number of hydrogen-bond acceptors (Lipinski definition) is 5. The molecule has 0 bridgehead atoms. The van der Waals surface area contributed by atoms with E-state index in [1.54, 1.807) is 7.11 Å². The summed E-state index contributed by atoms with van der Waals surface area (Å²) >= 11 is 1.53. The monoisotopic (exact) mass is 271 g/mol. The quantitative estimate of drug-likeness (QED) is 0.761. The molecule has 0 heterocycles. The number of thioether (sulfide) groups is 1. The number of nitrogens with two attached hydrogens (primary N) is 1. The second-order valence-electron chi connectivity index (χ2n) is 3.64. The van der Waals surface area contributed by atoms with Gasteiger partial charge < -0.3 is 20.3 Å². The van der Waals surface area contributed by atoms with Gasteiger partial charge in [-0.3, -0.25) is 4.79 Å². The Hall–Kier alpha value is -1.40. The lowest BCUT2D eigenvalue weighted by Gasteiger charge is -2.16. The average molecular weight is 271 g/mol. The van der Waals surface area contributed by atoms with E-state index in [1.807, 2.05) is 18.4 Å². The topological polar surface area (TPSA) is 81.8 Å². The Morgan fingerprint density at radius 2 is 2.00 bits per heavy atom. The highest BCUT2D eigenvalue weighted by atomic mass is 32.2. The van der Waals surface area contributed by atoms with Gasteiger partial charge in [0.15, 0.2) is 11.5 Å². The molecule has 1 aromatic carbocycles. The molecule has 0 saturated carbocycles. The molecule has 0 aliphatic carbocycles. The highest BCUT2D eigenvalue weighted by molar-refractivity contribution is 7.98. The smallest absolute Gasteiger partial charge is 0.320 e. The Balaban J connectivity index is 3.16. The molecule has 6 heteroatoms. The summed E-state index contributed by atoms with van der Waals surface area (Å²) in [5.41, 5.74) is 6.26. The van der Waals surface area contributed by atoms with Gasteiger partial charge in [0.25, 0.3) is 0 Å². The van der Waals surface area contributed by atoms with E-state index in [0.717, 1.165) is 10.5 Å². The molecule has 1 unspecified atom stereocenters. The lowest BCUT2D eigenvalue weighted by molar-refractivity contribution is -0.138. The number of carboxylic acids is 1. The third-order valence-corrected chi connectivity index (χ3v) is 3.30. The van der Waals surface area contributed by atoms with E-state index in [-0.39, 0.29) is 6.42 Å². The number of methoxy groups -OCH3 is 2. The highest BCUT2D eigenvalue weighted by Gasteiger charge is 2.19. The van der Waals surface area contributed by atoms with Gasteiger partial charge in [0.05, 0.1) is 19.1 Å². The first-order valence-corrected chi connectivity index (χ1v) is 6.53. The van der Waals surface area contributed by atoms with Gasteiger partial charge in [0.2, 0.25) is 0 Å². The third kappa shape index (κ3) is 3.08. The van der Waals surface area contributed by atoms with Crippen molar-refractivity contribution in [1.82, 2.24) is 0 Å². The summed E-state index contributed by atoms with van der Waals surface area (Å²) in [6, 6.07) is 2.73. The fourth-order valence-electron chi connectivity index (χ4n) is 1.65. The number of ether oxygens (including phenoxy) is 2. The predicted molar refractivity (Wildman–Crippen MR) is 70.6 cm³/mol. The molecule has 0 saturated heterocycles. The molecule has 1 rings (SSSR count). The number of benzene rings is 1. The van der Waals surface area contributed by atoms with Gasteiger partial charge in [-0.15, -0.1) is 11.8 Å². The van der Waals surface area contributed by atoms with Crippen molar-refractivity contribution in [3.05, 3.63) is 17.7 Å². The van der Waals surface area contributed by atoms with E-state index >= 15 is 0 Å². The van der Waals surface area contributed by atoms with Gasteiger partial charge in [-0.1, -0.05) is 6.07 Å². The van der Waals surface area contributed by atoms with E-state index in [1.165, 1.54) is 18.9 Å². The fourth-order valence-corrected chi connectivity index (χ4v) is 2.21. The van der Waals surface area contributed by atoms with E-state index in [4.69, 9.17) is 20.3 Å². The third-order valence-electron chi connectivity index (χ3n) is 2.54. The molecule has 0 aliphatic heterocycles. The van der Waals surface area contributed by atoms with E-state index in [2.05, 4.69) is 0 Å². The maximum absolute atomic E-state index is 10.8. The van der Waals surface area contributed by atoms with Crippen LogP contribution in [0.3, 0.4) is 0 Å². The van der Waals surface area contributed by atoms with E-state index in [9.17, 15) is 4.79 Å². The molecule has 1 aromatic rings. The molecule has 100 valence electrons. The van der Waals surface area contributed by atoms with Crippen LogP contribution in [-0.2, 0) is 11.2 Å². The van der Waals surface area contributed by atoms with Crippen molar-refractivity contribution in [2.75, 3.05) is 20.5 Å². The zero-order chi connectivity index (χ0) is 13.7. The van der Waals surface area contributed by atoms with Gasteiger partial charge in [0, 0.05) is 12.0 Å². The summed E-state index contributed by atoms with van der Waals surface area (Å²) < 4.78 is 10.6. The van der Waals surface area contributed by atoms with Crippen LogP contribution >= 0.6 is 11.8 Å². The number of carboxylic acid groups (broad SMARTS) is 1. The van der Waals surface area contributed by atoms with Crippen LogP contribution in [0.15, 0.2) is 17.0 Å². The van der Waals surface area contributed by atoms with Gasteiger partial charge in [-0.25, -0.2) is 0 Å². The molecule has 1 atom stereocenters. The minimum atomic E-state index is -1.04. The fraction of sp³-hybridized carbons (Fsp3) is 0.417. The number of carbonyl (C=O) groups is 1. The van der Waals surface area contributed by atoms with E-state index < -0.39 is 12.0 Å². The molecule has 0 aromatic heterocycles. The minimum Gasteiger partial charge on any atom is -0.493 e. The number of aliphatic carboxylic acids is 1. The van der Waals surface area contributed by atoms with Crippen LogP contribution in [0.1, 0.15) is 5.56 Å². The molecule has 0 spiro atoms. The molecule has 0 radical (unpaired) electrons. The highest BCUT2D eigenvalue weighted by Crippen LogP contribution is 2.39. The van der Waals surface area contributed by atoms with Gasteiger partial charge in [-0.05, 0) is 12.3 Å². The van der Waals surface area contributed by atoms with Crippen molar-refractivity contribution in [1.29, 1.82) is 0 Å². The first-order valence-electron chi connectivity index (χ1n) is 5.31. The van der Waals surface area contributed by atoms with Gasteiger partial charge >= 0.3 is 5.97 Å². The predicted octanol–water partition coefficient (Wildman–Crippen LogP) is 1.38. The largest absolute Gasteiger partial charge is 0.493 e. The summed E-state index contributed by atoms with van der Waals surface area (Å²) in [5.74, 6) is 0.117. The Kier molecular flexibility index (Phi) is 5.30. The number of rotatable bonds is 6. The minimum absolute atomic E-state index is 0.198. The number of hydrogen-bond donors (Lipinski definition) is 2. The zero-order valence-electron chi connectivity index (χ0n) is 10.6. The summed E-state index contributed by atoms with van der Waals surface area (Å²) in [6.45, 7) is 0. The second kappa shape index (κ2) is 6.51. The van der Waals surface area contributed by atoms with Crippen molar-refractivity contribution < 1.29 is 19.4 Å². The maximum Gasteiger partial charge on any atom is 0.320 e. The van der Waals surface area contributed by atoms with Crippen LogP contribution in [-0.4, -0.2) is 37.6 Å². The van der Waals surface area contributed by atoms with E-state index in [0.29, 0.717) is 11.5 Å². The van der Waals surface area contributed by atoms with Crippen LogP contribution in [0.2, 0.25) is 0 Å². The van der Waals surface area contributed by atoms with Crippen molar-refractivity contribution >= 4 is 17.7 Å². The second-order valence-corrected chi connectivity index (χ2v) is 4.49. The first-order chi connectivity index (χ1) is 8.54. The average Bonchev–Trinajstić information content (AvgIpc) is 2.37. The summed E-state index contributed by atoms with van der Waals surface area (Å²) in [6.07, 6.45) is 2.13. The lowest BCUT2D eigenvalue weighted by atomic mass is 10.0. The Bertz CT molecular complexity index is 436. The Morgan fingerprint density at radius 1 is 1.39 bits per heavy atom. The first kappa shape index (κ1) is 14.7. The molecule has 0 amide bonds. The Labute approximate surface area is 110 Å². The molecule has 0 aliphatic rings. The Morgan fingerprint density at radius 3 is 2.44 bits per heavy atom. The van der Waals surface area contributed by atoms with Crippen LogP contribution in [0.25, 0.3) is 0 Å². The van der Waals surface area contributed by atoms with Gasteiger partial charge in [-0.2, -0.15) is 0 Å². The van der Waals surface area contributed by atoms with Crippen molar-refractivity contribution in [2.45, 2.75) is 17.4 Å². The molecule has 0 fully saturated rings. The molecule has 5 nitrogen and oxygen atoms in total. The standard InChI is InChI=1S/C12H17NO4S/c1-16-10-7(6-8(13)12(14)15)4-5-9(18-3)11(10)17-2/h4-5,8H,6,13H2,1-3H3,(H,14,15). The van der Waals surface area contributed by atoms with Crippen molar-refractivity contribution in [2.24, 2.45) is 5.73 Å². The lowest BCUT2D eigenvalue weighted by Crippen LogP contribution is -2.32.